The first-order valence-corrected chi connectivity index (χ1v) is 3.35. The Kier molecular flexibility index (Phi) is 4.52. The Labute approximate surface area is 70.8 Å². The molecule has 2 N–H and O–H groups in total. The van der Waals surface area contributed by atoms with Gasteiger partial charge in [-0.05, 0) is 0 Å². The molecule has 68 valence electrons. The van der Waals surface area contributed by atoms with Crippen LogP contribution in [0.3, 0.4) is 0 Å². The van der Waals surface area contributed by atoms with E-state index in [9.17, 15) is 9.59 Å². The normalized spacial score (nSPS) is 8.75. The van der Waals surface area contributed by atoms with Crippen molar-refractivity contribution in [3.63, 3.8) is 0 Å². The third-order valence-corrected chi connectivity index (χ3v) is 1.03. The Morgan fingerprint density at radius 1 is 1.67 bits per heavy atom. The van der Waals surface area contributed by atoms with Gasteiger partial charge in [0.25, 0.3) is 0 Å². The van der Waals surface area contributed by atoms with E-state index in [1.807, 2.05) is 0 Å². The van der Waals surface area contributed by atoms with Crippen LogP contribution in [0.2, 0.25) is 0 Å². The highest BCUT2D eigenvalue weighted by Crippen LogP contribution is 1.88. The van der Waals surface area contributed by atoms with Gasteiger partial charge in [-0.3, -0.25) is 4.79 Å². The quantitative estimate of drug-likeness (QED) is 0.593. The van der Waals surface area contributed by atoms with Crippen molar-refractivity contribution >= 4 is 12.0 Å². The molecule has 0 aliphatic heterocycles. The predicted octanol–water partition coefficient (Wildman–Crippen LogP) is -0.274. The zero-order chi connectivity index (χ0) is 9.56. The first-order chi connectivity index (χ1) is 5.57. The lowest BCUT2D eigenvalue weighted by Gasteiger charge is -2.13. The minimum atomic E-state index is -0.589. The van der Waals surface area contributed by atoms with E-state index >= 15 is 0 Å². The van der Waals surface area contributed by atoms with Crippen molar-refractivity contribution in [2.75, 3.05) is 20.2 Å². The van der Waals surface area contributed by atoms with Gasteiger partial charge in [0.15, 0.2) is 0 Å². The molecule has 12 heavy (non-hydrogen) atoms. The number of primary amides is 1. The molecule has 0 heterocycles. The van der Waals surface area contributed by atoms with Crippen molar-refractivity contribution in [2.24, 2.45) is 5.73 Å². The summed E-state index contributed by atoms with van der Waals surface area (Å²) in [6.07, 6.45) is 0.851. The van der Waals surface area contributed by atoms with Crippen LogP contribution in [0.1, 0.15) is 0 Å². The number of rotatable bonds is 4. The molecule has 0 unspecified atom stereocenters. The fourth-order valence-electron chi connectivity index (χ4n) is 0.539. The molecular weight excluding hydrogens is 160 g/mol. The third-order valence-electron chi connectivity index (χ3n) is 1.03. The van der Waals surface area contributed by atoms with Gasteiger partial charge in [-0.1, -0.05) is 12.7 Å². The lowest BCUT2D eigenvalue weighted by molar-refractivity contribution is -0.118. The standard InChI is InChI=1S/C7H12N2O3/c1-3-4-12-7(11)9(2)5-6(8)10/h3H,1,4-5H2,2H3,(H2,8,10). The van der Waals surface area contributed by atoms with Gasteiger partial charge in [0, 0.05) is 7.05 Å². The molecule has 0 aromatic rings. The highest BCUT2D eigenvalue weighted by Gasteiger charge is 2.10. The van der Waals surface area contributed by atoms with Crippen LogP contribution in [0.15, 0.2) is 12.7 Å². The minimum Gasteiger partial charge on any atom is -0.445 e. The summed E-state index contributed by atoms with van der Waals surface area (Å²) in [5.41, 5.74) is 4.85. The van der Waals surface area contributed by atoms with Crippen LogP contribution in [0.25, 0.3) is 0 Å². The molecule has 0 aromatic heterocycles. The second-order valence-electron chi connectivity index (χ2n) is 2.19. The molecule has 0 atom stereocenters. The van der Waals surface area contributed by atoms with Gasteiger partial charge >= 0.3 is 6.09 Å². The van der Waals surface area contributed by atoms with Gasteiger partial charge < -0.3 is 15.4 Å². The van der Waals surface area contributed by atoms with Crippen LogP contribution < -0.4 is 5.73 Å². The molecular formula is C7H12N2O3. The van der Waals surface area contributed by atoms with E-state index < -0.39 is 12.0 Å². The number of hydrogen-bond donors (Lipinski definition) is 1. The molecule has 2 amide bonds. The number of carbonyl (C=O) groups is 2. The van der Waals surface area contributed by atoms with E-state index in [1.54, 1.807) is 0 Å². The van der Waals surface area contributed by atoms with Crippen LogP contribution >= 0.6 is 0 Å². The van der Waals surface area contributed by atoms with Crippen LogP contribution in [0.5, 0.6) is 0 Å². The molecule has 0 rings (SSSR count). The van der Waals surface area contributed by atoms with E-state index in [-0.39, 0.29) is 13.2 Å². The van der Waals surface area contributed by atoms with E-state index in [0.29, 0.717) is 0 Å². The largest absolute Gasteiger partial charge is 0.445 e. The summed E-state index contributed by atoms with van der Waals surface area (Å²) in [7, 11) is 1.43. The van der Waals surface area contributed by atoms with Gasteiger partial charge in [0.05, 0.1) is 0 Å². The fraction of sp³-hybridized carbons (Fsp3) is 0.429. The highest BCUT2D eigenvalue weighted by atomic mass is 16.6. The number of carbonyl (C=O) groups excluding carboxylic acids is 2. The molecule has 5 heteroatoms. The maximum Gasteiger partial charge on any atom is 0.410 e. The first kappa shape index (κ1) is 10.5. The Morgan fingerprint density at radius 3 is 2.67 bits per heavy atom. The maximum atomic E-state index is 10.9. The van der Waals surface area contributed by atoms with E-state index in [1.165, 1.54) is 13.1 Å². The molecule has 0 bridgehead atoms. The summed E-state index contributed by atoms with van der Waals surface area (Å²) < 4.78 is 4.62. The average molecular weight is 172 g/mol. The summed E-state index contributed by atoms with van der Waals surface area (Å²) in [5.74, 6) is -0.576. The topological polar surface area (TPSA) is 72.6 Å². The van der Waals surface area contributed by atoms with Gasteiger partial charge in [0.2, 0.25) is 5.91 Å². The Morgan fingerprint density at radius 2 is 2.25 bits per heavy atom. The number of hydrogen-bond acceptors (Lipinski definition) is 3. The molecule has 0 aliphatic carbocycles. The van der Waals surface area contributed by atoms with Crippen LogP contribution in [-0.2, 0) is 9.53 Å². The first-order valence-electron chi connectivity index (χ1n) is 3.35. The average Bonchev–Trinajstić information content (AvgIpc) is 1.98. The highest BCUT2D eigenvalue weighted by molar-refractivity contribution is 5.80. The summed E-state index contributed by atoms with van der Waals surface area (Å²) >= 11 is 0. The van der Waals surface area contributed by atoms with Gasteiger partial charge in [-0.2, -0.15) is 0 Å². The monoisotopic (exact) mass is 172 g/mol. The van der Waals surface area contributed by atoms with Crippen molar-refractivity contribution in [2.45, 2.75) is 0 Å². The second-order valence-corrected chi connectivity index (χ2v) is 2.19. The molecule has 0 aromatic carbocycles. The number of nitrogens with two attached hydrogens (primary N) is 1. The number of amides is 2. The molecule has 0 spiro atoms. The molecule has 5 nitrogen and oxygen atoms in total. The molecule has 0 saturated carbocycles. The van der Waals surface area contributed by atoms with Crippen LogP contribution in [0.4, 0.5) is 4.79 Å². The summed E-state index contributed by atoms with van der Waals surface area (Å²) in [6.45, 7) is 3.35. The van der Waals surface area contributed by atoms with Crippen molar-refractivity contribution in [3.05, 3.63) is 12.7 Å². The van der Waals surface area contributed by atoms with Crippen LogP contribution in [-0.4, -0.2) is 37.1 Å². The van der Waals surface area contributed by atoms with E-state index in [4.69, 9.17) is 5.73 Å². The van der Waals surface area contributed by atoms with Gasteiger partial charge in [0.1, 0.15) is 13.2 Å². The molecule has 0 saturated heterocycles. The Balaban J connectivity index is 3.76. The molecule has 0 fully saturated rings. The number of ether oxygens (including phenoxy) is 1. The molecule has 0 aliphatic rings. The number of likely N-dealkylation sites (N-methyl/N-ethyl adjacent to an activating group) is 1. The predicted molar refractivity (Wildman–Crippen MR) is 43.4 cm³/mol. The maximum absolute atomic E-state index is 10.9. The number of nitrogens with zero attached hydrogens (tertiary/aromatic N) is 1. The lowest BCUT2D eigenvalue weighted by atomic mass is 10.6. The Bertz CT molecular complexity index is 191. The van der Waals surface area contributed by atoms with Crippen molar-refractivity contribution in [1.82, 2.24) is 4.90 Å². The van der Waals surface area contributed by atoms with Crippen molar-refractivity contribution < 1.29 is 14.3 Å². The third kappa shape index (κ3) is 4.32. The zero-order valence-corrected chi connectivity index (χ0v) is 6.95. The van der Waals surface area contributed by atoms with Crippen molar-refractivity contribution in [3.8, 4) is 0 Å². The van der Waals surface area contributed by atoms with Crippen molar-refractivity contribution in [1.29, 1.82) is 0 Å². The second kappa shape index (κ2) is 5.17. The summed E-state index contributed by atoms with van der Waals surface area (Å²) in [5, 5.41) is 0. The lowest BCUT2D eigenvalue weighted by Crippen LogP contribution is -2.35. The van der Waals surface area contributed by atoms with Crippen LogP contribution in [0, 0.1) is 0 Å². The van der Waals surface area contributed by atoms with E-state index in [2.05, 4.69) is 11.3 Å². The fourth-order valence-corrected chi connectivity index (χ4v) is 0.539. The minimum absolute atomic E-state index is 0.127. The van der Waals surface area contributed by atoms with Gasteiger partial charge in [-0.25, -0.2) is 4.79 Å². The van der Waals surface area contributed by atoms with Gasteiger partial charge in [-0.15, -0.1) is 0 Å². The zero-order valence-electron chi connectivity index (χ0n) is 6.95. The van der Waals surface area contributed by atoms with E-state index in [0.717, 1.165) is 4.90 Å². The summed E-state index contributed by atoms with van der Waals surface area (Å²) in [6, 6.07) is 0. The summed E-state index contributed by atoms with van der Waals surface area (Å²) in [4.78, 5) is 22.3. The smallest absolute Gasteiger partial charge is 0.410 e. The molecule has 0 radical (unpaired) electrons. The Hall–Kier alpha value is -1.52. The SMILES string of the molecule is C=CCOC(=O)N(C)CC(N)=O.